The Morgan fingerprint density at radius 2 is 1.74 bits per heavy atom. The zero-order valence-electron chi connectivity index (χ0n) is 12.3. The third-order valence-corrected chi connectivity index (χ3v) is 4.35. The Kier molecular flexibility index (Phi) is 4.59. The Balaban J connectivity index is 2.18. The Morgan fingerprint density at radius 1 is 1.09 bits per heavy atom. The molecule has 0 unspecified atom stereocenters. The molecule has 116 valence electrons. The number of hydrogen-bond donors (Lipinski definition) is 0. The van der Waals surface area contributed by atoms with Crippen LogP contribution in [0.1, 0.15) is 27.6 Å². The minimum Gasteiger partial charge on any atom is -0.288 e. The number of ketones is 1. The minimum absolute atomic E-state index is 0.125. The van der Waals surface area contributed by atoms with Crippen LogP contribution in [0.3, 0.4) is 0 Å². The third kappa shape index (κ3) is 2.94. The van der Waals surface area contributed by atoms with Gasteiger partial charge in [0.25, 0.3) is 0 Å². The van der Waals surface area contributed by atoms with Crippen LogP contribution in [0, 0.1) is 6.92 Å². The van der Waals surface area contributed by atoms with Crippen molar-refractivity contribution in [1.82, 2.24) is 14.8 Å². The molecule has 3 aromatic rings. The van der Waals surface area contributed by atoms with Gasteiger partial charge >= 0.3 is 0 Å². The number of carbonyl (C=O) groups excluding carboxylic acids is 1. The number of rotatable bonds is 4. The number of para-hydroxylation sites is 1. The number of aryl methyl sites for hydroxylation is 1. The first-order valence-corrected chi connectivity index (χ1v) is 8.49. The van der Waals surface area contributed by atoms with E-state index in [0.717, 1.165) is 17.3 Å². The van der Waals surface area contributed by atoms with Gasteiger partial charge in [-0.25, -0.2) is 0 Å². The fourth-order valence-electron chi connectivity index (χ4n) is 2.46. The number of nitrogens with zero attached hydrogens (tertiary/aromatic N) is 3. The molecule has 0 aliphatic rings. The Labute approximate surface area is 147 Å². The maximum absolute atomic E-state index is 12.9. The summed E-state index contributed by atoms with van der Waals surface area (Å²) in [4.78, 5) is 12.9. The van der Waals surface area contributed by atoms with E-state index in [1.54, 1.807) is 30.3 Å². The number of aromatic nitrogens is 3. The number of alkyl halides is 1. The van der Waals surface area contributed by atoms with E-state index in [9.17, 15) is 4.79 Å². The molecule has 0 saturated heterocycles. The zero-order chi connectivity index (χ0) is 16.4. The predicted octanol–water partition coefficient (Wildman–Crippen LogP) is 4.36. The van der Waals surface area contributed by atoms with Gasteiger partial charge in [-0.05, 0) is 31.2 Å². The highest BCUT2D eigenvalue weighted by molar-refractivity contribution is 9.08. The molecule has 6 heteroatoms. The van der Waals surface area contributed by atoms with Crippen molar-refractivity contribution in [2.24, 2.45) is 0 Å². The van der Waals surface area contributed by atoms with Gasteiger partial charge in [0.15, 0.2) is 5.78 Å². The van der Waals surface area contributed by atoms with E-state index < -0.39 is 0 Å². The minimum atomic E-state index is -0.125. The molecule has 0 aliphatic carbocycles. The van der Waals surface area contributed by atoms with E-state index in [4.69, 9.17) is 11.6 Å². The van der Waals surface area contributed by atoms with Gasteiger partial charge in [-0.1, -0.05) is 51.8 Å². The van der Waals surface area contributed by atoms with Gasteiger partial charge in [0, 0.05) is 11.1 Å². The summed E-state index contributed by atoms with van der Waals surface area (Å²) in [5.74, 6) is 1.33. The first kappa shape index (κ1) is 15.9. The Bertz CT molecular complexity index is 876. The summed E-state index contributed by atoms with van der Waals surface area (Å²) < 4.78 is 1.87. The second-order valence-corrected chi connectivity index (χ2v) is 5.93. The van der Waals surface area contributed by atoms with Gasteiger partial charge in [0.05, 0.1) is 16.0 Å². The predicted molar refractivity (Wildman–Crippen MR) is 93.6 cm³/mol. The summed E-state index contributed by atoms with van der Waals surface area (Å²) in [5.41, 5.74) is 1.79. The molecular formula is C17H13BrClN3O. The van der Waals surface area contributed by atoms with Crippen molar-refractivity contribution in [3.8, 4) is 5.69 Å². The lowest BCUT2D eigenvalue weighted by molar-refractivity contribution is 0.103. The van der Waals surface area contributed by atoms with Gasteiger partial charge in [0.1, 0.15) is 11.6 Å². The van der Waals surface area contributed by atoms with Crippen molar-refractivity contribution < 1.29 is 4.79 Å². The summed E-state index contributed by atoms with van der Waals surface area (Å²) in [6, 6.07) is 14.4. The average molecular weight is 391 g/mol. The number of benzene rings is 2. The summed E-state index contributed by atoms with van der Waals surface area (Å²) >= 11 is 9.58. The van der Waals surface area contributed by atoms with Crippen molar-refractivity contribution in [1.29, 1.82) is 0 Å². The van der Waals surface area contributed by atoms with Crippen molar-refractivity contribution in [2.75, 3.05) is 0 Å². The molecule has 23 heavy (non-hydrogen) atoms. The maximum Gasteiger partial charge on any atom is 0.196 e. The van der Waals surface area contributed by atoms with E-state index >= 15 is 0 Å². The lowest BCUT2D eigenvalue weighted by Gasteiger charge is -2.13. The van der Waals surface area contributed by atoms with Crippen LogP contribution < -0.4 is 0 Å². The van der Waals surface area contributed by atoms with Crippen molar-refractivity contribution >= 4 is 33.3 Å². The molecule has 1 heterocycles. The van der Waals surface area contributed by atoms with E-state index in [0.29, 0.717) is 21.5 Å². The van der Waals surface area contributed by atoms with Crippen LogP contribution in [-0.4, -0.2) is 20.5 Å². The molecule has 0 spiro atoms. The molecule has 0 radical (unpaired) electrons. The standard InChI is InChI=1S/C17H13BrClN3O/c1-11-20-21-16(10-18)22(11)15-9-5-3-7-13(15)17(23)12-6-2-4-8-14(12)19/h2-9H,10H2,1H3. The van der Waals surface area contributed by atoms with Gasteiger partial charge in [-0.2, -0.15) is 0 Å². The molecule has 3 rings (SSSR count). The van der Waals surface area contributed by atoms with Crippen LogP contribution in [0.2, 0.25) is 5.02 Å². The van der Waals surface area contributed by atoms with Gasteiger partial charge < -0.3 is 0 Å². The molecule has 0 amide bonds. The fraction of sp³-hybridized carbons (Fsp3) is 0.118. The smallest absolute Gasteiger partial charge is 0.196 e. The summed E-state index contributed by atoms with van der Waals surface area (Å²) in [5, 5.41) is 9.21. The molecule has 0 N–H and O–H groups in total. The molecule has 4 nitrogen and oxygen atoms in total. The van der Waals surface area contributed by atoms with Crippen LogP contribution in [0.15, 0.2) is 48.5 Å². The van der Waals surface area contributed by atoms with Crippen molar-refractivity contribution in [3.05, 3.63) is 76.3 Å². The zero-order valence-corrected chi connectivity index (χ0v) is 14.7. The summed E-state index contributed by atoms with van der Waals surface area (Å²) in [7, 11) is 0. The normalized spacial score (nSPS) is 10.7. The molecule has 0 fully saturated rings. The highest BCUT2D eigenvalue weighted by Crippen LogP contribution is 2.25. The molecule has 1 aromatic heterocycles. The second kappa shape index (κ2) is 6.64. The highest BCUT2D eigenvalue weighted by atomic mass is 79.9. The van der Waals surface area contributed by atoms with E-state index in [-0.39, 0.29) is 5.78 Å². The monoisotopic (exact) mass is 389 g/mol. The lowest BCUT2D eigenvalue weighted by atomic mass is 10.0. The molecule has 0 aliphatic heterocycles. The van der Waals surface area contributed by atoms with Crippen molar-refractivity contribution in [2.45, 2.75) is 12.3 Å². The van der Waals surface area contributed by atoms with Gasteiger partial charge in [-0.3, -0.25) is 9.36 Å². The summed E-state index contributed by atoms with van der Waals surface area (Å²) in [6.07, 6.45) is 0. The average Bonchev–Trinajstić information content (AvgIpc) is 2.95. The molecule has 0 atom stereocenters. The Morgan fingerprint density at radius 3 is 2.43 bits per heavy atom. The van der Waals surface area contributed by atoms with Gasteiger partial charge in [-0.15, -0.1) is 10.2 Å². The summed E-state index contributed by atoms with van der Waals surface area (Å²) in [6.45, 7) is 1.86. The quantitative estimate of drug-likeness (QED) is 0.491. The van der Waals surface area contributed by atoms with Crippen LogP contribution >= 0.6 is 27.5 Å². The fourth-order valence-corrected chi connectivity index (χ4v) is 3.04. The molecule has 0 saturated carbocycles. The van der Waals surface area contributed by atoms with Crippen LogP contribution in [0.4, 0.5) is 0 Å². The SMILES string of the molecule is Cc1nnc(CBr)n1-c1ccccc1C(=O)c1ccccc1Cl. The largest absolute Gasteiger partial charge is 0.288 e. The maximum atomic E-state index is 12.9. The van der Waals surface area contributed by atoms with E-state index in [2.05, 4.69) is 26.1 Å². The first-order valence-electron chi connectivity index (χ1n) is 6.99. The number of hydrogen-bond acceptors (Lipinski definition) is 3. The topological polar surface area (TPSA) is 47.8 Å². The third-order valence-electron chi connectivity index (χ3n) is 3.52. The van der Waals surface area contributed by atoms with Gasteiger partial charge in [0.2, 0.25) is 0 Å². The number of carbonyl (C=O) groups is 1. The van der Waals surface area contributed by atoms with Crippen LogP contribution in [-0.2, 0) is 5.33 Å². The first-order chi connectivity index (χ1) is 11.1. The molecule has 2 aromatic carbocycles. The second-order valence-electron chi connectivity index (χ2n) is 4.96. The van der Waals surface area contributed by atoms with Crippen molar-refractivity contribution in [3.63, 3.8) is 0 Å². The van der Waals surface area contributed by atoms with E-state index in [1.807, 2.05) is 29.7 Å². The van der Waals surface area contributed by atoms with Crippen LogP contribution in [0.5, 0.6) is 0 Å². The Hall–Kier alpha value is -1.98. The number of halogens is 2. The highest BCUT2D eigenvalue weighted by Gasteiger charge is 2.19. The molecular weight excluding hydrogens is 378 g/mol. The lowest BCUT2D eigenvalue weighted by Crippen LogP contribution is -2.10. The molecule has 0 bridgehead atoms. The van der Waals surface area contributed by atoms with E-state index in [1.165, 1.54) is 0 Å². The van der Waals surface area contributed by atoms with Crippen LogP contribution in [0.25, 0.3) is 5.69 Å².